The van der Waals surface area contributed by atoms with Gasteiger partial charge in [0.15, 0.2) is 0 Å². The Kier molecular flexibility index (Phi) is 7.06. The normalized spacial score (nSPS) is 13.4. The summed E-state index contributed by atoms with van der Waals surface area (Å²) < 4.78 is 0. The molecule has 4 amide bonds. The predicted molar refractivity (Wildman–Crippen MR) is 133 cm³/mol. The Morgan fingerprint density at radius 1 is 0.829 bits per heavy atom. The van der Waals surface area contributed by atoms with Crippen LogP contribution in [0.5, 0.6) is 0 Å². The van der Waals surface area contributed by atoms with Gasteiger partial charge in [-0.15, -0.1) is 0 Å². The van der Waals surface area contributed by atoms with E-state index in [9.17, 15) is 19.2 Å². The highest BCUT2D eigenvalue weighted by Crippen LogP contribution is 2.27. The zero-order chi connectivity index (χ0) is 24.9. The van der Waals surface area contributed by atoms with E-state index in [2.05, 4.69) is 5.32 Å². The van der Waals surface area contributed by atoms with Crippen molar-refractivity contribution in [3.05, 3.63) is 101 Å². The van der Waals surface area contributed by atoms with Crippen LogP contribution in [0.4, 0.5) is 5.69 Å². The lowest BCUT2D eigenvalue weighted by atomic mass is 10.0. The van der Waals surface area contributed by atoms with Gasteiger partial charge in [0.05, 0.1) is 11.1 Å². The number of amides is 4. The monoisotopic (exact) mass is 469 g/mol. The molecule has 3 aromatic rings. The molecule has 35 heavy (non-hydrogen) atoms. The molecule has 0 bridgehead atoms. The van der Waals surface area contributed by atoms with Gasteiger partial charge in [0, 0.05) is 30.8 Å². The molecule has 0 saturated carbocycles. The van der Waals surface area contributed by atoms with Crippen LogP contribution in [0.3, 0.4) is 0 Å². The van der Waals surface area contributed by atoms with Crippen LogP contribution in [0.2, 0.25) is 0 Å². The number of nitrogens with zero attached hydrogens (tertiary/aromatic N) is 2. The van der Waals surface area contributed by atoms with Crippen LogP contribution in [0.25, 0.3) is 0 Å². The van der Waals surface area contributed by atoms with Gasteiger partial charge in [-0.1, -0.05) is 48.5 Å². The molecule has 1 atom stereocenters. The molecule has 3 aromatic carbocycles. The van der Waals surface area contributed by atoms with Crippen molar-refractivity contribution in [1.82, 2.24) is 9.80 Å². The summed E-state index contributed by atoms with van der Waals surface area (Å²) in [4.78, 5) is 55.3. The van der Waals surface area contributed by atoms with E-state index < -0.39 is 23.8 Å². The summed E-state index contributed by atoms with van der Waals surface area (Å²) in [6.45, 7) is 4.96. The number of fused-ring (bicyclic) bond motifs is 1. The standard InChI is InChI=1S/C28H27N3O4/c1-3-30(4-2)26(33)20-13-10-14-21(18-20)29-25(32)24(17-19-11-6-5-7-12-19)31-27(34)22-15-8-9-16-23(22)28(31)35/h5-16,18,24H,3-4,17H2,1-2H3,(H,29,32)/t24-/m0/s1. The van der Waals surface area contributed by atoms with Crippen LogP contribution in [0.15, 0.2) is 78.9 Å². The molecule has 0 unspecified atom stereocenters. The second kappa shape index (κ2) is 10.3. The molecule has 7 nitrogen and oxygen atoms in total. The van der Waals surface area contributed by atoms with Crippen molar-refractivity contribution in [2.24, 2.45) is 0 Å². The number of carbonyl (C=O) groups is 4. The number of nitrogens with one attached hydrogen (secondary N) is 1. The summed E-state index contributed by atoms with van der Waals surface area (Å²) in [5.74, 6) is -1.62. The van der Waals surface area contributed by atoms with E-state index in [1.54, 1.807) is 53.4 Å². The highest BCUT2D eigenvalue weighted by Gasteiger charge is 2.42. The highest BCUT2D eigenvalue weighted by atomic mass is 16.2. The smallest absolute Gasteiger partial charge is 0.262 e. The third-order valence-electron chi connectivity index (χ3n) is 6.14. The predicted octanol–water partition coefficient (Wildman–Crippen LogP) is 4.01. The number of carbonyl (C=O) groups excluding carboxylic acids is 4. The maximum absolute atomic E-state index is 13.5. The maximum Gasteiger partial charge on any atom is 0.262 e. The molecule has 0 spiro atoms. The molecule has 0 saturated heterocycles. The first-order valence-electron chi connectivity index (χ1n) is 11.7. The van der Waals surface area contributed by atoms with E-state index >= 15 is 0 Å². The average molecular weight is 470 g/mol. The van der Waals surface area contributed by atoms with Crippen LogP contribution in [0, 0.1) is 0 Å². The number of anilines is 1. The SMILES string of the molecule is CCN(CC)C(=O)c1cccc(NC(=O)[C@H](Cc2ccccc2)N2C(=O)c3ccccc3C2=O)c1. The molecule has 0 aliphatic carbocycles. The molecular weight excluding hydrogens is 442 g/mol. The number of imide groups is 1. The van der Waals surface area contributed by atoms with Crippen molar-refractivity contribution in [2.75, 3.05) is 18.4 Å². The van der Waals surface area contributed by atoms with Crippen LogP contribution in [-0.4, -0.2) is 52.6 Å². The fraction of sp³-hybridized carbons (Fsp3) is 0.214. The molecule has 1 N–H and O–H groups in total. The minimum Gasteiger partial charge on any atom is -0.339 e. The highest BCUT2D eigenvalue weighted by molar-refractivity contribution is 6.23. The molecule has 1 aliphatic rings. The molecular formula is C28H27N3O4. The van der Waals surface area contributed by atoms with Gasteiger partial charge in [0.1, 0.15) is 6.04 Å². The second-order valence-corrected chi connectivity index (χ2v) is 8.28. The second-order valence-electron chi connectivity index (χ2n) is 8.28. The maximum atomic E-state index is 13.5. The van der Waals surface area contributed by atoms with Crippen molar-refractivity contribution in [1.29, 1.82) is 0 Å². The molecule has 1 heterocycles. The number of hydrogen-bond acceptors (Lipinski definition) is 4. The van der Waals surface area contributed by atoms with Crippen molar-refractivity contribution in [2.45, 2.75) is 26.3 Å². The molecule has 178 valence electrons. The van der Waals surface area contributed by atoms with E-state index in [4.69, 9.17) is 0 Å². The lowest BCUT2D eigenvalue weighted by Gasteiger charge is -2.26. The Hall–Kier alpha value is -4.26. The fourth-order valence-electron chi connectivity index (χ4n) is 4.28. The van der Waals surface area contributed by atoms with Gasteiger partial charge in [0.2, 0.25) is 5.91 Å². The summed E-state index contributed by atoms with van der Waals surface area (Å²) in [5.41, 5.74) is 2.26. The van der Waals surface area contributed by atoms with E-state index in [-0.39, 0.29) is 23.5 Å². The quantitative estimate of drug-likeness (QED) is 0.505. The summed E-state index contributed by atoms with van der Waals surface area (Å²) >= 11 is 0. The Bertz CT molecular complexity index is 1230. The molecule has 4 rings (SSSR count). The Morgan fingerprint density at radius 3 is 2.03 bits per heavy atom. The minimum atomic E-state index is -1.06. The van der Waals surface area contributed by atoms with Crippen molar-refractivity contribution in [3.8, 4) is 0 Å². The summed E-state index contributed by atoms with van der Waals surface area (Å²) in [6, 6.07) is 21.4. The Balaban J connectivity index is 1.63. The van der Waals surface area contributed by atoms with Gasteiger partial charge in [-0.3, -0.25) is 24.1 Å². The number of rotatable bonds is 8. The summed E-state index contributed by atoms with van der Waals surface area (Å²) in [7, 11) is 0. The molecule has 1 aliphatic heterocycles. The zero-order valence-corrected chi connectivity index (χ0v) is 19.7. The van der Waals surface area contributed by atoms with Crippen molar-refractivity contribution >= 4 is 29.3 Å². The third-order valence-corrected chi connectivity index (χ3v) is 6.14. The van der Waals surface area contributed by atoms with Crippen molar-refractivity contribution < 1.29 is 19.2 Å². The lowest BCUT2D eigenvalue weighted by Crippen LogP contribution is -2.48. The Morgan fingerprint density at radius 2 is 1.43 bits per heavy atom. The van der Waals surface area contributed by atoms with E-state index in [0.29, 0.717) is 24.3 Å². The van der Waals surface area contributed by atoms with E-state index in [0.717, 1.165) is 10.5 Å². The first-order valence-corrected chi connectivity index (χ1v) is 11.7. The van der Waals surface area contributed by atoms with Crippen LogP contribution >= 0.6 is 0 Å². The Labute approximate surface area is 204 Å². The number of benzene rings is 3. The lowest BCUT2D eigenvalue weighted by molar-refractivity contribution is -0.119. The average Bonchev–Trinajstić information content (AvgIpc) is 3.13. The first kappa shape index (κ1) is 23.9. The first-order chi connectivity index (χ1) is 16.9. The fourth-order valence-corrected chi connectivity index (χ4v) is 4.28. The van der Waals surface area contributed by atoms with Gasteiger partial charge in [0.25, 0.3) is 17.7 Å². The molecule has 7 heteroatoms. The topological polar surface area (TPSA) is 86.8 Å². The van der Waals surface area contributed by atoms with E-state index in [1.165, 1.54) is 0 Å². The largest absolute Gasteiger partial charge is 0.339 e. The minimum absolute atomic E-state index is 0.132. The van der Waals surface area contributed by atoms with Crippen LogP contribution < -0.4 is 5.32 Å². The summed E-state index contributed by atoms with van der Waals surface area (Å²) in [5, 5.41) is 2.82. The van der Waals surface area contributed by atoms with Crippen molar-refractivity contribution in [3.63, 3.8) is 0 Å². The molecule has 0 fully saturated rings. The molecule has 0 radical (unpaired) electrons. The zero-order valence-electron chi connectivity index (χ0n) is 19.7. The van der Waals surface area contributed by atoms with Gasteiger partial charge >= 0.3 is 0 Å². The summed E-state index contributed by atoms with van der Waals surface area (Å²) in [6.07, 6.45) is 0.163. The third kappa shape index (κ3) is 4.84. The van der Waals surface area contributed by atoms with Crippen LogP contribution in [-0.2, 0) is 11.2 Å². The van der Waals surface area contributed by atoms with Crippen LogP contribution in [0.1, 0.15) is 50.5 Å². The van der Waals surface area contributed by atoms with Gasteiger partial charge < -0.3 is 10.2 Å². The van der Waals surface area contributed by atoms with Gasteiger partial charge in [-0.2, -0.15) is 0 Å². The number of hydrogen-bond donors (Lipinski definition) is 1. The van der Waals surface area contributed by atoms with Gasteiger partial charge in [-0.25, -0.2) is 0 Å². The van der Waals surface area contributed by atoms with Gasteiger partial charge in [-0.05, 0) is 49.7 Å². The van der Waals surface area contributed by atoms with E-state index in [1.807, 2.05) is 44.2 Å². The molecule has 0 aromatic heterocycles.